The van der Waals surface area contributed by atoms with Crippen molar-refractivity contribution in [2.45, 2.75) is 12.5 Å². The van der Waals surface area contributed by atoms with E-state index in [4.69, 9.17) is 51.1 Å². The third-order valence-electron chi connectivity index (χ3n) is 3.26. The van der Waals surface area contributed by atoms with Crippen molar-refractivity contribution in [2.75, 3.05) is 6.61 Å². The summed E-state index contributed by atoms with van der Waals surface area (Å²) in [5.41, 5.74) is 0.620. The molecule has 0 radical (unpaired) electrons. The van der Waals surface area contributed by atoms with Gasteiger partial charge in [0.15, 0.2) is 6.61 Å². The highest BCUT2D eigenvalue weighted by Gasteiger charge is 2.21. The second-order valence-corrected chi connectivity index (χ2v) is 6.99. The molecule has 0 unspecified atom stereocenters. The zero-order valence-corrected chi connectivity index (χ0v) is 16.2. The van der Waals surface area contributed by atoms with Crippen LogP contribution in [0.1, 0.15) is 5.56 Å². The van der Waals surface area contributed by atoms with Crippen molar-refractivity contribution in [2.24, 2.45) is 0 Å². The third kappa shape index (κ3) is 6.25. The van der Waals surface area contributed by atoms with Crippen LogP contribution in [0.25, 0.3) is 0 Å². The zero-order valence-electron chi connectivity index (χ0n) is 13.1. The fraction of sp³-hybridized carbons (Fsp3) is 0.176. The zero-order chi connectivity index (χ0) is 19.3. The smallest absolute Gasteiger partial charge is 0.326 e. The Balaban J connectivity index is 1.96. The molecule has 0 bridgehead atoms. The molecule has 26 heavy (non-hydrogen) atoms. The minimum absolute atomic E-state index is 0.0426. The number of carboxylic acid groups (broad SMARTS) is 1. The molecule has 2 rings (SSSR count). The highest BCUT2D eigenvalue weighted by Crippen LogP contribution is 2.24. The molecule has 0 aliphatic heterocycles. The Morgan fingerprint density at radius 2 is 1.65 bits per heavy atom. The van der Waals surface area contributed by atoms with Gasteiger partial charge in [0, 0.05) is 16.5 Å². The third-order valence-corrected chi connectivity index (χ3v) is 4.44. The summed E-state index contributed by atoms with van der Waals surface area (Å²) in [6.45, 7) is -0.387. The van der Waals surface area contributed by atoms with E-state index in [1.165, 1.54) is 18.2 Å². The topological polar surface area (TPSA) is 75.6 Å². The molecule has 138 valence electrons. The molecule has 0 saturated heterocycles. The van der Waals surface area contributed by atoms with Gasteiger partial charge in [-0.25, -0.2) is 4.79 Å². The molecule has 1 atom stereocenters. The van der Waals surface area contributed by atoms with Gasteiger partial charge in [-0.15, -0.1) is 0 Å². The van der Waals surface area contributed by atoms with Crippen molar-refractivity contribution in [3.63, 3.8) is 0 Å². The van der Waals surface area contributed by atoms with E-state index in [0.29, 0.717) is 31.4 Å². The number of halogens is 4. The van der Waals surface area contributed by atoms with Gasteiger partial charge in [0.1, 0.15) is 11.8 Å². The van der Waals surface area contributed by atoms with Gasteiger partial charge in [0.05, 0.1) is 10.0 Å². The SMILES string of the molecule is O=C(COc1cc(Cl)cc(Cl)c1)N[C@@H](Cc1ccc(Cl)c(Cl)c1)C(=O)O. The van der Waals surface area contributed by atoms with Crippen molar-refractivity contribution in [1.82, 2.24) is 5.32 Å². The summed E-state index contributed by atoms with van der Waals surface area (Å²) >= 11 is 23.4. The van der Waals surface area contributed by atoms with Crippen molar-refractivity contribution >= 4 is 58.3 Å². The van der Waals surface area contributed by atoms with E-state index in [0.717, 1.165) is 0 Å². The fourth-order valence-electron chi connectivity index (χ4n) is 2.10. The van der Waals surface area contributed by atoms with Crippen LogP contribution in [-0.4, -0.2) is 29.6 Å². The van der Waals surface area contributed by atoms with Gasteiger partial charge in [0.2, 0.25) is 0 Å². The quantitative estimate of drug-likeness (QED) is 0.670. The van der Waals surface area contributed by atoms with E-state index in [2.05, 4.69) is 5.32 Å². The van der Waals surface area contributed by atoms with Crippen LogP contribution in [0.15, 0.2) is 36.4 Å². The molecule has 0 aromatic heterocycles. The number of aliphatic carboxylic acids is 1. The Morgan fingerprint density at radius 1 is 1.00 bits per heavy atom. The lowest BCUT2D eigenvalue weighted by atomic mass is 10.1. The first-order valence-electron chi connectivity index (χ1n) is 7.29. The first-order valence-corrected chi connectivity index (χ1v) is 8.81. The number of nitrogens with one attached hydrogen (secondary N) is 1. The van der Waals surface area contributed by atoms with Gasteiger partial charge in [-0.1, -0.05) is 52.5 Å². The van der Waals surface area contributed by atoms with Crippen LogP contribution in [0.5, 0.6) is 5.75 Å². The van der Waals surface area contributed by atoms with E-state index >= 15 is 0 Å². The first-order chi connectivity index (χ1) is 12.2. The number of carbonyl (C=O) groups excluding carboxylic acids is 1. The van der Waals surface area contributed by atoms with E-state index < -0.39 is 17.9 Å². The molecule has 9 heteroatoms. The van der Waals surface area contributed by atoms with Crippen molar-refractivity contribution in [3.05, 3.63) is 62.1 Å². The van der Waals surface area contributed by atoms with Gasteiger partial charge in [-0.05, 0) is 35.9 Å². The van der Waals surface area contributed by atoms with Gasteiger partial charge < -0.3 is 15.2 Å². The molecule has 0 aliphatic carbocycles. The van der Waals surface area contributed by atoms with Crippen LogP contribution < -0.4 is 10.1 Å². The van der Waals surface area contributed by atoms with Crippen molar-refractivity contribution in [3.8, 4) is 5.75 Å². The molecule has 0 heterocycles. The summed E-state index contributed by atoms with van der Waals surface area (Å²) in [6, 6.07) is 8.11. The Labute approximate surface area is 169 Å². The molecule has 0 fully saturated rings. The largest absolute Gasteiger partial charge is 0.484 e. The summed E-state index contributed by atoms with van der Waals surface area (Å²) in [4.78, 5) is 23.4. The number of rotatable bonds is 7. The maximum atomic E-state index is 12.0. The summed E-state index contributed by atoms with van der Waals surface area (Å²) in [5.74, 6) is -1.49. The molecule has 0 saturated carbocycles. The molecule has 1 amide bonds. The lowest BCUT2D eigenvalue weighted by molar-refractivity contribution is -0.142. The minimum atomic E-state index is -1.18. The van der Waals surface area contributed by atoms with Crippen LogP contribution in [0.2, 0.25) is 20.1 Å². The molecule has 5 nitrogen and oxygen atoms in total. The Bertz CT molecular complexity index is 808. The average Bonchev–Trinajstić information content (AvgIpc) is 2.55. The van der Waals surface area contributed by atoms with Crippen LogP contribution in [0.3, 0.4) is 0 Å². The average molecular weight is 437 g/mol. The number of carbonyl (C=O) groups is 2. The van der Waals surface area contributed by atoms with Crippen LogP contribution in [-0.2, 0) is 16.0 Å². The van der Waals surface area contributed by atoms with E-state index in [1.807, 2.05) is 0 Å². The molecule has 0 spiro atoms. The Hall–Kier alpha value is -1.66. The molecular formula is C17H13Cl4NO4. The lowest BCUT2D eigenvalue weighted by Gasteiger charge is -2.15. The summed E-state index contributed by atoms with van der Waals surface area (Å²) in [6.07, 6.45) is 0.0426. The van der Waals surface area contributed by atoms with E-state index in [-0.39, 0.29) is 13.0 Å². The number of hydrogen-bond acceptors (Lipinski definition) is 3. The molecule has 2 aromatic rings. The monoisotopic (exact) mass is 435 g/mol. The Kier molecular flexibility index (Phi) is 7.41. The molecule has 0 aliphatic rings. The van der Waals surface area contributed by atoms with Gasteiger partial charge in [-0.3, -0.25) is 4.79 Å². The number of hydrogen-bond donors (Lipinski definition) is 2. The summed E-state index contributed by atoms with van der Waals surface area (Å²) in [7, 11) is 0. The minimum Gasteiger partial charge on any atom is -0.484 e. The van der Waals surface area contributed by atoms with Crippen LogP contribution >= 0.6 is 46.4 Å². The summed E-state index contributed by atoms with van der Waals surface area (Å²) < 4.78 is 5.28. The normalized spacial score (nSPS) is 11.7. The predicted octanol–water partition coefficient (Wildman–Crippen LogP) is 4.49. The van der Waals surface area contributed by atoms with Crippen molar-refractivity contribution in [1.29, 1.82) is 0 Å². The lowest BCUT2D eigenvalue weighted by Crippen LogP contribution is -2.44. The number of benzene rings is 2. The Morgan fingerprint density at radius 3 is 2.23 bits per heavy atom. The fourth-order valence-corrected chi connectivity index (χ4v) is 2.93. The second-order valence-electron chi connectivity index (χ2n) is 5.30. The van der Waals surface area contributed by atoms with Crippen molar-refractivity contribution < 1.29 is 19.4 Å². The number of carboxylic acids is 1. The van der Waals surface area contributed by atoms with Gasteiger partial charge >= 0.3 is 5.97 Å². The highest BCUT2D eigenvalue weighted by atomic mass is 35.5. The van der Waals surface area contributed by atoms with Gasteiger partial charge in [0.25, 0.3) is 5.91 Å². The summed E-state index contributed by atoms with van der Waals surface area (Å²) in [5, 5.41) is 13.1. The number of ether oxygens (including phenoxy) is 1. The standard InChI is InChI=1S/C17H13Cl4NO4/c18-10-5-11(19)7-12(6-10)26-8-16(23)22-15(17(24)25)4-9-1-2-13(20)14(21)3-9/h1-3,5-7,15H,4,8H2,(H,22,23)(H,24,25)/t15-/m0/s1. The maximum Gasteiger partial charge on any atom is 0.326 e. The van der Waals surface area contributed by atoms with Crippen LogP contribution in [0, 0.1) is 0 Å². The van der Waals surface area contributed by atoms with Crippen LogP contribution in [0.4, 0.5) is 0 Å². The number of amides is 1. The highest BCUT2D eigenvalue weighted by molar-refractivity contribution is 6.42. The second kappa shape index (κ2) is 9.33. The molecular weight excluding hydrogens is 424 g/mol. The molecule has 2 N–H and O–H groups in total. The first kappa shape index (κ1) is 20.6. The molecule has 2 aromatic carbocycles. The predicted molar refractivity (Wildman–Crippen MR) is 102 cm³/mol. The van der Waals surface area contributed by atoms with E-state index in [9.17, 15) is 14.7 Å². The van der Waals surface area contributed by atoms with E-state index in [1.54, 1.807) is 18.2 Å². The van der Waals surface area contributed by atoms with Gasteiger partial charge in [-0.2, -0.15) is 0 Å². The maximum absolute atomic E-state index is 12.0.